The van der Waals surface area contributed by atoms with Crippen molar-refractivity contribution in [1.82, 2.24) is 5.32 Å². The van der Waals surface area contributed by atoms with Gasteiger partial charge in [-0.05, 0) is 31.0 Å². The van der Waals surface area contributed by atoms with Crippen LogP contribution in [0.1, 0.15) is 24.5 Å². The van der Waals surface area contributed by atoms with Gasteiger partial charge in [0.15, 0.2) is 0 Å². The zero-order valence-electron chi connectivity index (χ0n) is 11.3. The third-order valence-corrected chi connectivity index (χ3v) is 3.67. The average Bonchev–Trinajstić information content (AvgIpc) is 2.37. The molecule has 1 saturated heterocycles. The number of nitrogens with one attached hydrogen (secondary N) is 1. The molecule has 1 aromatic rings. The summed E-state index contributed by atoms with van der Waals surface area (Å²) in [4.78, 5) is 14.4. The number of nitrogens with zero attached hydrogens (tertiary/aromatic N) is 1. The van der Waals surface area contributed by atoms with Gasteiger partial charge in [0.25, 0.3) is 0 Å². The van der Waals surface area contributed by atoms with Crippen LogP contribution in [0.5, 0.6) is 0 Å². The van der Waals surface area contributed by atoms with Gasteiger partial charge in [0.1, 0.15) is 11.0 Å². The Morgan fingerprint density at radius 2 is 2.32 bits per heavy atom. The van der Waals surface area contributed by atoms with Crippen molar-refractivity contribution in [1.29, 1.82) is 0 Å². The fourth-order valence-corrected chi connectivity index (χ4v) is 2.67. The van der Waals surface area contributed by atoms with Gasteiger partial charge in [-0.25, -0.2) is 0 Å². The van der Waals surface area contributed by atoms with E-state index in [2.05, 4.69) is 16.3 Å². The van der Waals surface area contributed by atoms with Gasteiger partial charge in [0, 0.05) is 24.3 Å². The predicted octanol–water partition coefficient (Wildman–Crippen LogP) is 1.34. The number of benzene rings is 1. The van der Waals surface area contributed by atoms with E-state index in [1.807, 2.05) is 26.0 Å². The molecule has 4 nitrogen and oxygen atoms in total. The highest BCUT2D eigenvalue weighted by atomic mass is 32.1. The van der Waals surface area contributed by atoms with Crippen LogP contribution >= 0.6 is 12.2 Å². The zero-order chi connectivity index (χ0) is 14.0. The van der Waals surface area contributed by atoms with E-state index in [0.29, 0.717) is 11.5 Å². The van der Waals surface area contributed by atoms with Crippen molar-refractivity contribution in [3.63, 3.8) is 0 Å². The van der Waals surface area contributed by atoms with Crippen LogP contribution < -0.4 is 16.0 Å². The van der Waals surface area contributed by atoms with Gasteiger partial charge in [0.05, 0.1) is 0 Å². The second kappa shape index (κ2) is 5.57. The maximum Gasteiger partial charge on any atom is 0.242 e. The summed E-state index contributed by atoms with van der Waals surface area (Å²) in [5, 5.41) is 2.90. The molecule has 102 valence electrons. The molecule has 1 aromatic carbocycles. The topological polar surface area (TPSA) is 58.4 Å². The molecular formula is C14H19N3OS. The van der Waals surface area contributed by atoms with Crippen LogP contribution in [0.4, 0.5) is 5.69 Å². The molecule has 0 radical (unpaired) electrons. The van der Waals surface area contributed by atoms with Crippen molar-refractivity contribution < 1.29 is 4.79 Å². The number of hydrogen-bond acceptors (Lipinski definition) is 3. The summed E-state index contributed by atoms with van der Waals surface area (Å²) in [6.45, 7) is 5.47. The van der Waals surface area contributed by atoms with Crippen LogP contribution in [0.15, 0.2) is 18.2 Å². The lowest BCUT2D eigenvalue weighted by Crippen LogP contribution is -2.55. The second-order valence-electron chi connectivity index (χ2n) is 4.79. The average molecular weight is 277 g/mol. The molecule has 1 atom stereocenters. The van der Waals surface area contributed by atoms with Gasteiger partial charge in [-0.15, -0.1) is 0 Å². The number of carbonyl (C=O) groups is 1. The minimum atomic E-state index is -0.149. The normalized spacial score (nSPS) is 19.2. The van der Waals surface area contributed by atoms with Crippen LogP contribution in [0.3, 0.4) is 0 Å². The SMILES string of the molecule is CCC1C(=O)NCCN1c1cc(C)ccc1C(N)=S. The van der Waals surface area contributed by atoms with Gasteiger partial charge >= 0.3 is 0 Å². The first-order valence-corrected chi connectivity index (χ1v) is 6.90. The molecule has 3 N–H and O–H groups in total. The summed E-state index contributed by atoms with van der Waals surface area (Å²) in [6.07, 6.45) is 0.760. The lowest BCUT2D eigenvalue weighted by atomic mass is 10.0. The molecule has 1 fully saturated rings. The summed E-state index contributed by atoms with van der Waals surface area (Å²) in [5.41, 5.74) is 8.74. The van der Waals surface area contributed by atoms with Gasteiger partial charge in [-0.1, -0.05) is 25.2 Å². The Balaban J connectivity index is 2.46. The molecule has 0 spiro atoms. The van der Waals surface area contributed by atoms with Gasteiger partial charge in [-0.3, -0.25) is 4.79 Å². The summed E-state index contributed by atoms with van der Waals surface area (Å²) >= 11 is 5.12. The van der Waals surface area contributed by atoms with E-state index >= 15 is 0 Å². The van der Waals surface area contributed by atoms with E-state index < -0.39 is 0 Å². The number of nitrogens with two attached hydrogens (primary N) is 1. The number of piperazine rings is 1. The fraction of sp³-hybridized carbons (Fsp3) is 0.429. The molecule has 0 bridgehead atoms. The molecule has 1 amide bonds. The number of hydrogen-bond donors (Lipinski definition) is 2. The van der Waals surface area contributed by atoms with Crippen molar-refractivity contribution >= 4 is 28.8 Å². The molecule has 1 unspecified atom stereocenters. The van der Waals surface area contributed by atoms with Crippen molar-refractivity contribution in [2.45, 2.75) is 26.3 Å². The maximum absolute atomic E-state index is 12.0. The highest BCUT2D eigenvalue weighted by molar-refractivity contribution is 7.80. The van der Waals surface area contributed by atoms with Gasteiger partial charge in [0.2, 0.25) is 5.91 Å². The first-order chi connectivity index (χ1) is 9.04. The van der Waals surface area contributed by atoms with Crippen LogP contribution in [-0.4, -0.2) is 30.0 Å². The number of anilines is 1. The minimum Gasteiger partial charge on any atom is -0.389 e. The minimum absolute atomic E-state index is 0.0733. The Bertz CT molecular complexity index is 515. The summed E-state index contributed by atoms with van der Waals surface area (Å²) < 4.78 is 0. The molecule has 19 heavy (non-hydrogen) atoms. The Morgan fingerprint density at radius 1 is 1.58 bits per heavy atom. The third kappa shape index (κ3) is 2.71. The Labute approximate surface area is 119 Å². The van der Waals surface area contributed by atoms with Crippen LogP contribution in [0.2, 0.25) is 0 Å². The van der Waals surface area contributed by atoms with E-state index in [-0.39, 0.29) is 11.9 Å². The Hall–Kier alpha value is -1.62. The summed E-state index contributed by atoms with van der Waals surface area (Å²) in [5.74, 6) is 0.0733. The van der Waals surface area contributed by atoms with E-state index in [1.54, 1.807) is 0 Å². The van der Waals surface area contributed by atoms with Crippen molar-refractivity contribution in [2.24, 2.45) is 5.73 Å². The Kier molecular flexibility index (Phi) is 4.04. The smallest absolute Gasteiger partial charge is 0.242 e. The first-order valence-electron chi connectivity index (χ1n) is 6.49. The summed E-state index contributed by atoms with van der Waals surface area (Å²) in [6, 6.07) is 5.83. The highest BCUT2D eigenvalue weighted by Crippen LogP contribution is 2.26. The van der Waals surface area contributed by atoms with Crippen LogP contribution in [0, 0.1) is 6.92 Å². The largest absolute Gasteiger partial charge is 0.389 e. The molecule has 2 rings (SSSR count). The van der Waals surface area contributed by atoms with Crippen LogP contribution in [0.25, 0.3) is 0 Å². The molecule has 0 saturated carbocycles. The number of amides is 1. The van der Waals surface area contributed by atoms with Gasteiger partial charge < -0.3 is 16.0 Å². The predicted molar refractivity (Wildman–Crippen MR) is 81.5 cm³/mol. The number of aryl methyl sites for hydroxylation is 1. The van der Waals surface area contributed by atoms with E-state index in [4.69, 9.17) is 18.0 Å². The van der Waals surface area contributed by atoms with E-state index in [1.165, 1.54) is 0 Å². The number of carbonyl (C=O) groups excluding carboxylic acids is 1. The number of thiocarbonyl (C=S) groups is 1. The quantitative estimate of drug-likeness (QED) is 0.819. The van der Waals surface area contributed by atoms with Crippen molar-refractivity contribution in [3.05, 3.63) is 29.3 Å². The molecule has 0 aliphatic carbocycles. The lowest BCUT2D eigenvalue weighted by molar-refractivity contribution is -0.123. The van der Waals surface area contributed by atoms with Crippen molar-refractivity contribution in [3.8, 4) is 0 Å². The Morgan fingerprint density at radius 3 is 2.95 bits per heavy atom. The monoisotopic (exact) mass is 277 g/mol. The molecule has 1 heterocycles. The molecule has 1 aliphatic rings. The zero-order valence-corrected chi connectivity index (χ0v) is 12.1. The molecule has 1 aliphatic heterocycles. The fourth-order valence-electron chi connectivity index (χ4n) is 2.50. The van der Waals surface area contributed by atoms with Crippen molar-refractivity contribution in [2.75, 3.05) is 18.0 Å². The van der Waals surface area contributed by atoms with Gasteiger partial charge in [-0.2, -0.15) is 0 Å². The molecular weight excluding hydrogens is 258 g/mol. The lowest BCUT2D eigenvalue weighted by Gasteiger charge is -2.37. The van der Waals surface area contributed by atoms with E-state index in [9.17, 15) is 4.79 Å². The second-order valence-corrected chi connectivity index (χ2v) is 5.23. The number of rotatable bonds is 3. The molecule has 5 heteroatoms. The highest BCUT2D eigenvalue weighted by Gasteiger charge is 2.29. The summed E-state index contributed by atoms with van der Waals surface area (Å²) in [7, 11) is 0. The standard InChI is InChI=1S/C14H19N3OS/c1-3-11-14(18)16-6-7-17(11)12-8-9(2)4-5-10(12)13(15)19/h4-5,8,11H,3,6-7H2,1-2H3,(H2,15,19)(H,16,18). The third-order valence-electron chi connectivity index (χ3n) is 3.45. The van der Waals surface area contributed by atoms with E-state index in [0.717, 1.165) is 29.8 Å². The molecule has 0 aromatic heterocycles. The first kappa shape index (κ1) is 13.8. The van der Waals surface area contributed by atoms with Crippen LogP contribution in [-0.2, 0) is 4.79 Å². The maximum atomic E-state index is 12.0.